The summed E-state index contributed by atoms with van der Waals surface area (Å²) >= 11 is 0. The average Bonchev–Trinajstić information content (AvgIpc) is 2.89. The topological polar surface area (TPSA) is 38.5 Å². The highest BCUT2D eigenvalue weighted by atomic mass is 16.5. The summed E-state index contributed by atoms with van der Waals surface area (Å²) in [6, 6.07) is 0.787. The Bertz CT molecular complexity index is 283. The van der Waals surface area contributed by atoms with E-state index in [1.165, 1.54) is 70.9 Å². The molecule has 2 N–H and O–H groups in total. The summed E-state index contributed by atoms with van der Waals surface area (Å²) in [6.45, 7) is 4.43. The zero-order chi connectivity index (χ0) is 13.1. The van der Waals surface area contributed by atoms with Gasteiger partial charge in [0.1, 0.15) is 0 Å². The van der Waals surface area contributed by atoms with Gasteiger partial charge in [0.05, 0.1) is 5.60 Å². The quantitative estimate of drug-likeness (QED) is 0.853. The average molecular weight is 266 g/mol. The van der Waals surface area contributed by atoms with Crippen LogP contribution in [0.25, 0.3) is 0 Å². The van der Waals surface area contributed by atoms with E-state index in [-0.39, 0.29) is 5.60 Å². The molecule has 0 aromatic heterocycles. The van der Waals surface area contributed by atoms with Gasteiger partial charge in [0, 0.05) is 19.2 Å². The number of ether oxygens (including phenoxy) is 1. The smallest absolute Gasteiger partial charge is 0.0697 e. The highest BCUT2D eigenvalue weighted by Crippen LogP contribution is 2.40. The molecule has 0 aromatic rings. The van der Waals surface area contributed by atoms with Gasteiger partial charge in [-0.3, -0.25) is 4.90 Å². The standard InChI is InChI=1S/C16H30N2O/c17-9-4-14-5-10-18(13-14)15-6-11-19-16(12-15)7-2-1-3-8-16/h14-15H,1-13,17H2. The monoisotopic (exact) mass is 266 g/mol. The third-order valence-electron chi connectivity index (χ3n) is 5.64. The molecule has 2 aliphatic heterocycles. The maximum Gasteiger partial charge on any atom is 0.0697 e. The van der Waals surface area contributed by atoms with Crippen molar-refractivity contribution >= 4 is 0 Å². The SMILES string of the molecule is NCCC1CCN(C2CCOC3(CCCCC3)C2)C1. The molecule has 3 aliphatic rings. The fourth-order valence-corrected chi connectivity index (χ4v) is 4.52. The van der Waals surface area contributed by atoms with Crippen LogP contribution in [0.4, 0.5) is 0 Å². The number of likely N-dealkylation sites (tertiary alicyclic amines) is 1. The predicted molar refractivity (Wildman–Crippen MR) is 78.1 cm³/mol. The molecule has 3 fully saturated rings. The molecule has 3 rings (SSSR count). The van der Waals surface area contributed by atoms with Crippen molar-refractivity contribution in [3.63, 3.8) is 0 Å². The number of hydrogen-bond donors (Lipinski definition) is 1. The lowest BCUT2D eigenvalue weighted by Gasteiger charge is -2.46. The van der Waals surface area contributed by atoms with Crippen molar-refractivity contribution in [3.8, 4) is 0 Å². The summed E-state index contributed by atoms with van der Waals surface area (Å²) in [6.07, 6.45) is 11.9. The van der Waals surface area contributed by atoms with Crippen LogP contribution < -0.4 is 5.73 Å². The molecule has 0 radical (unpaired) electrons. The van der Waals surface area contributed by atoms with Gasteiger partial charge in [0.2, 0.25) is 0 Å². The number of rotatable bonds is 3. The molecule has 1 saturated carbocycles. The van der Waals surface area contributed by atoms with E-state index in [2.05, 4.69) is 4.90 Å². The lowest BCUT2D eigenvalue weighted by molar-refractivity contribution is -0.122. The first-order valence-electron chi connectivity index (χ1n) is 8.39. The van der Waals surface area contributed by atoms with E-state index in [0.717, 1.165) is 25.1 Å². The largest absolute Gasteiger partial charge is 0.375 e. The van der Waals surface area contributed by atoms with Crippen LogP contribution in [0.5, 0.6) is 0 Å². The molecule has 0 amide bonds. The molecule has 3 heteroatoms. The number of hydrogen-bond acceptors (Lipinski definition) is 3. The Morgan fingerprint density at radius 3 is 2.79 bits per heavy atom. The van der Waals surface area contributed by atoms with Crippen molar-refractivity contribution in [3.05, 3.63) is 0 Å². The van der Waals surface area contributed by atoms with Gasteiger partial charge in [0.15, 0.2) is 0 Å². The van der Waals surface area contributed by atoms with Gasteiger partial charge >= 0.3 is 0 Å². The second-order valence-corrected chi connectivity index (χ2v) is 6.97. The summed E-state index contributed by atoms with van der Waals surface area (Å²) in [5, 5.41) is 0. The minimum Gasteiger partial charge on any atom is -0.375 e. The van der Waals surface area contributed by atoms with Gasteiger partial charge in [-0.2, -0.15) is 0 Å². The Hall–Kier alpha value is -0.120. The minimum atomic E-state index is 0.257. The van der Waals surface area contributed by atoms with Crippen molar-refractivity contribution in [1.82, 2.24) is 4.90 Å². The van der Waals surface area contributed by atoms with E-state index in [4.69, 9.17) is 10.5 Å². The molecule has 3 nitrogen and oxygen atoms in total. The molecule has 2 atom stereocenters. The van der Waals surface area contributed by atoms with Crippen molar-refractivity contribution in [2.75, 3.05) is 26.2 Å². The normalized spacial score (nSPS) is 35.8. The Morgan fingerprint density at radius 1 is 1.16 bits per heavy atom. The maximum absolute atomic E-state index is 6.22. The fourth-order valence-electron chi connectivity index (χ4n) is 4.52. The van der Waals surface area contributed by atoms with Crippen LogP contribution in [0.2, 0.25) is 0 Å². The predicted octanol–water partition coefficient (Wildman–Crippen LogP) is 2.54. The lowest BCUT2D eigenvalue weighted by Crippen LogP contribution is -2.49. The molecule has 2 saturated heterocycles. The third kappa shape index (κ3) is 3.14. The van der Waals surface area contributed by atoms with E-state index < -0.39 is 0 Å². The highest BCUT2D eigenvalue weighted by molar-refractivity contribution is 4.94. The zero-order valence-electron chi connectivity index (χ0n) is 12.3. The van der Waals surface area contributed by atoms with Gasteiger partial charge in [-0.25, -0.2) is 0 Å². The molecule has 2 heterocycles. The maximum atomic E-state index is 6.22. The molecule has 19 heavy (non-hydrogen) atoms. The van der Waals surface area contributed by atoms with Crippen molar-refractivity contribution < 1.29 is 4.74 Å². The van der Waals surface area contributed by atoms with Gasteiger partial charge in [-0.05, 0) is 57.5 Å². The minimum absolute atomic E-state index is 0.257. The van der Waals surface area contributed by atoms with E-state index in [1.54, 1.807) is 0 Å². The van der Waals surface area contributed by atoms with Gasteiger partial charge in [-0.1, -0.05) is 19.3 Å². The Morgan fingerprint density at radius 2 is 2.00 bits per heavy atom. The fraction of sp³-hybridized carbons (Fsp3) is 1.00. The summed E-state index contributed by atoms with van der Waals surface area (Å²) < 4.78 is 6.22. The second-order valence-electron chi connectivity index (χ2n) is 6.97. The van der Waals surface area contributed by atoms with Crippen molar-refractivity contribution in [2.24, 2.45) is 11.7 Å². The summed E-state index contributed by atoms with van der Waals surface area (Å²) in [5.41, 5.74) is 5.96. The highest BCUT2D eigenvalue weighted by Gasteiger charge is 2.41. The Labute approximate surface area is 117 Å². The van der Waals surface area contributed by atoms with Crippen LogP contribution in [0.3, 0.4) is 0 Å². The van der Waals surface area contributed by atoms with Gasteiger partial charge < -0.3 is 10.5 Å². The third-order valence-corrected chi connectivity index (χ3v) is 5.64. The summed E-state index contributed by atoms with van der Waals surface area (Å²) in [7, 11) is 0. The van der Waals surface area contributed by atoms with Crippen LogP contribution in [-0.2, 0) is 4.74 Å². The number of nitrogens with zero attached hydrogens (tertiary/aromatic N) is 1. The molecular formula is C16H30N2O. The molecule has 1 aliphatic carbocycles. The van der Waals surface area contributed by atoms with Gasteiger partial charge in [-0.15, -0.1) is 0 Å². The van der Waals surface area contributed by atoms with Crippen LogP contribution in [0.1, 0.15) is 57.8 Å². The first-order chi connectivity index (χ1) is 9.31. The molecule has 0 bridgehead atoms. The lowest BCUT2D eigenvalue weighted by atomic mass is 9.78. The zero-order valence-corrected chi connectivity index (χ0v) is 12.3. The summed E-state index contributed by atoms with van der Waals surface area (Å²) in [4.78, 5) is 2.75. The van der Waals surface area contributed by atoms with Crippen molar-refractivity contribution in [2.45, 2.75) is 69.4 Å². The molecular weight excluding hydrogens is 236 g/mol. The first kappa shape index (κ1) is 13.8. The molecule has 110 valence electrons. The van der Waals surface area contributed by atoms with E-state index in [9.17, 15) is 0 Å². The second kappa shape index (κ2) is 6.11. The Balaban J connectivity index is 1.56. The number of nitrogens with two attached hydrogens (primary N) is 1. The molecule has 0 aromatic carbocycles. The van der Waals surface area contributed by atoms with E-state index in [0.29, 0.717) is 0 Å². The molecule has 1 spiro atoms. The van der Waals surface area contributed by atoms with Crippen LogP contribution in [0, 0.1) is 5.92 Å². The van der Waals surface area contributed by atoms with Crippen LogP contribution in [-0.4, -0.2) is 42.8 Å². The van der Waals surface area contributed by atoms with Crippen LogP contribution in [0.15, 0.2) is 0 Å². The summed E-state index contributed by atoms with van der Waals surface area (Å²) in [5.74, 6) is 0.857. The van der Waals surface area contributed by atoms with Crippen LogP contribution >= 0.6 is 0 Å². The molecule has 2 unspecified atom stereocenters. The van der Waals surface area contributed by atoms with Gasteiger partial charge in [0.25, 0.3) is 0 Å². The van der Waals surface area contributed by atoms with E-state index >= 15 is 0 Å². The Kier molecular flexibility index (Phi) is 4.45. The first-order valence-corrected chi connectivity index (χ1v) is 8.39. The van der Waals surface area contributed by atoms with Crippen molar-refractivity contribution in [1.29, 1.82) is 0 Å². The van der Waals surface area contributed by atoms with E-state index in [1.807, 2.05) is 0 Å².